The minimum atomic E-state index is 0.853. The summed E-state index contributed by atoms with van der Waals surface area (Å²) in [5.41, 5.74) is 0. The van der Waals surface area contributed by atoms with Crippen molar-refractivity contribution in [1.82, 2.24) is 20.6 Å². The smallest absolute Gasteiger partial charge is 0.174 e. The molecule has 0 atom stereocenters. The number of H-pyrrole nitrogens is 1. The first-order chi connectivity index (χ1) is 8.93. The van der Waals surface area contributed by atoms with Crippen LogP contribution >= 0.6 is 0 Å². The molecule has 4 heteroatoms. The molecular formula is C14H28N4. The highest BCUT2D eigenvalue weighted by atomic mass is 15.5. The molecule has 1 rings (SSSR count). The van der Waals surface area contributed by atoms with Gasteiger partial charge in [0.05, 0.1) is 0 Å². The van der Waals surface area contributed by atoms with Crippen LogP contribution in [0, 0.1) is 0 Å². The third-order valence-corrected chi connectivity index (χ3v) is 3.39. The fourth-order valence-corrected chi connectivity index (χ4v) is 2.24. The lowest BCUT2D eigenvalue weighted by Gasteiger charge is -2.01. The third kappa shape index (κ3) is 8.20. The standard InChI is InChI=1S/C14H28N4/c1-2-3-4-5-6-7-8-9-10-11-12-13-14-15-17-18-16-14/h2-13H2,1H3,(H,15,16,17,18). The quantitative estimate of drug-likeness (QED) is 0.571. The van der Waals surface area contributed by atoms with E-state index < -0.39 is 0 Å². The first-order valence-electron chi connectivity index (χ1n) is 7.66. The maximum Gasteiger partial charge on any atom is 0.174 e. The van der Waals surface area contributed by atoms with Crippen molar-refractivity contribution in [2.45, 2.75) is 84.0 Å². The Morgan fingerprint density at radius 3 is 1.83 bits per heavy atom. The van der Waals surface area contributed by atoms with Crippen molar-refractivity contribution < 1.29 is 0 Å². The molecule has 1 aromatic heterocycles. The van der Waals surface area contributed by atoms with E-state index >= 15 is 0 Å². The molecule has 0 bridgehead atoms. The normalized spacial score (nSPS) is 10.9. The molecule has 0 aliphatic carbocycles. The summed E-state index contributed by atoms with van der Waals surface area (Å²) in [5.74, 6) is 0.853. The van der Waals surface area contributed by atoms with E-state index in [2.05, 4.69) is 27.5 Å². The number of rotatable bonds is 12. The van der Waals surface area contributed by atoms with Crippen molar-refractivity contribution >= 4 is 0 Å². The number of hydrogen-bond acceptors (Lipinski definition) is 3. The molecule has 0 aromatic carbocycles. The molecule has 0 amide bonds. The number of nitrogens with zero attached hydrogens (tertiary/aromatic N) is 3. The van der Waals surface area contributed by atoms with Crippen molar-refractivity contribution in [2.75, 3.05) is 0 Å². The number of unbranched alkanes of at least 4 members (excludes halogenated alkanes) is 10. The molecule has 0 unspecified atom stereocenters. The van der Waals surface area contributed by atoms with Gasteiger partial charge in [-0.15, -0.1) is 10.2 Å². The number of aryl methyl sites for hydroxylation is 1. The Labute approximate surface area is 111 Å². The Balaban J connectivity index is 1.73. The van der Waals surface area contributed by atoms with Crippen molar-refractivity contribution in [3.8, 4) is 0 Å². The molecule has 104 valence electrons. The molecular weight excluding hydrogens is 224 g/mol. The zero-order valence-corrected chi connectivity index (χ0v) is 11.8. The lowest BCUT2D eigenvalue weighted by molar-refractivity contribution is 0.548. The summed E-state index contributed by atoms with van der Waals surface area (Å²) < 4.78 is 0. The molecule has 18 heavy (non-hydrogen) atoms. The van der Waals surface area contributed by atoms with Gasteiger partial charge in [-0.1, -0.05) is 76.3 Å². The van der Waals surface area contributed by atoms with Gasteiger partial charge >= 0.3 is 0 Å². The maximum atomic E-state index is 3.95. The monoisotopic (exact) mass is 252 g/mol. The van der Waals surface area contributed by atoms with Crippen LogP contribution in [0.15, 0.2) is 0 Å². The van der Waals surface area contributed by atoms with Gasteiger partial charge in [-0.25, -0.2) is 0 Å². The molecule has 1 heterocycles. The Morgan fingerprint density at radius 2 is 1.33 bits per heavy atom. The van der Waals surface area contributed by atoms with E-state index in [1.54, 1.807) is 0 Å². The van der Waals surface area contributed by atoms with E-state index in [0.29, 0.717) is 0 Å². The van der Waals surface area contributed by atoms with Gasteiger partial charge in [-0.3, -0.25) is 0 Å². The Hall–Kier alpha value is -0.930. The second kappa shape index (κ2) is 11.2. The summed E-state index contributed by atoms with van der Waals surface area (Å²) in [4.78, 5) is 0. The summed E-state index contributed by atoms with van der Waals surface area (Å²) in [6, 6.07) is 0. The van der Waals surface area contributed by atoms with Gasteiger partial charge in [0.15, 0.2) is 5.82 Å². The summed E-state index contributed by atoms with van der Waals surface area (Å²) >= 11 is 0. The molecule has 0 aliphatic rings. The largest absolute Gasteiger partial charge is 0.177 e. The average molecular weight is 252 g/mol. The first-order valence-corrected chi connectivity index (χ1v) is 7.66. The number of aromatic amines is 1. The molecule has 0 spiro atoms. The van der Waals surface area contributed by atoms with Gasteiger partial charge in [0.1, 0.15) is 0 Å². The Kier molecular flexibility index (Phi) is 9.39. The number of hydrogen-bond donors (Lipinski definition) is 1. The highest BCUT2D eigenvalue weighted by Gasteiger charge is 1.97. The van der Waals surface area contributed by atoms with Crippen LogP contribution in [0.4, 0.5) is 0 Å². The van der Waals surface area contributed by atoms with Crippen LogP contribution in [-0.4, -0.2) is 20.6 Å². The zero-order chi connectivity index (χ0) is 12.9. The Bertz CT molecular complexity index is 259. The first kappa shape index (κ1) is 15.1. The van der Waals surface area contributed by atoms with Crippen molar-refractivity contribution in [3.63, 3.8) is 0 Å². The Morgan fingerprint density at radius 1 is 0.778 bits per heavy atom. The lowest BCUT2D eigenvalue weighted by Crippen LogP contribution is -1.89. The number of tetrazole rings is 1. The highest BCUT2D eigenvalue weighted by Crippen LogP contribution is 2.11. The van der Waals surface area contributed by atoms with Crippen molar-refractivity contribution in [1.29, 1.82) is 0 Å². The highest BCUT2D eigenvalue weighted by molar-refractivity contribution is 4.74. The van der Waals surface area contributed by atoms with E-state index in [9.17, 15) is 0 Å². The summed E-state index contributed by atoms with van der Waals surface area (Å²) in [5, 5.41) is 13.9. The van der Waals surface area contributed by atoms with Gasteiger partial charge in [-0.2, -0.15) is 5.21 Å². The topological polar surface area (TPSA) is 54.5 Å². The van der Waals surface area contributed by atoms with Gasteiger partial charge in [0.2, 0.25) is 0 Å². The summed E-state index contributed by atoms with van der Waals surface area (Å²) in [6.07, 6.45) is 16.1. The molecule has 1 aromatic rings. The van der Waals surface area contributed by atoms with Gasteiger partial charge < -0.3 is 0 Å². The van der Waals surface area contributed by atoms with E-state index in [1.165, 1.54) is 70.6 Å². The third-order valence-electron chi connectivity index (χ3n) is 3.39. The molecule has 1 N–H and O–H groups in total. The predicted octanol–water partition coefficient (Wildman–Crippen LogP) is 4.05. The van der Waals surface area contributed by atoms with Crippen LogP contribution in [0.25, 0.3) is 0 Å². The van der Waals surface area contributed by atoms with Gasteiger partial charge in [0, 0.05) is 6.42 Å². The van der Waals surface area contributed by atoms with E-state index in [4.69, 9.17) is 0 Å². The van der Waals surface area contributed by atoms with Gasteiger partial charge in [-0.05, 0) is 6.42 Å². The second-order valence-electron chi connectivity index (χ2n) is 5.11. The van der Waals surface area contributed by atoms with Crippen LogP contribution in [0.3, 0.4) is 0 Å². The molecule has 0 aliphatic heterocycles. The fourth-order valence-electron chi connectivity index (χ4n) is 2.24. The van der Waals surface area contributed by atoms with Crippen LogP contribution in [0.2, 0.25) is 0 Å². The minimum absolute atomic E-state index is 0.853. The minimum Gasteiger partial charge on any atom is -0.177 e. The summed E-state index contributed by atoms with van der Waals surface area (Å²) in [7, 11) is 0. The zero-order valence-electron chi connectivity index (χ0n) is 11.8. The molecule has 0 saturated carbocycles. The molecule has 0 radical (unpaired) electrons. The van der Waals surface area contributed by atoms with Gasteiger partial charge in [0.25, 0.3) is 0 Å². The van der Waals surface area contributed by atoms with Crippen LogP contribution in [0.5, 0.6) is 0 Å². The fraction of sp³-hybridized carbons (Fsp3) is 0.929. The van der Waals surface area contributed by atoms with Crippen LogP contribution < -0.4 is 0 Å². The molecule has 4 nitrogen and oxygen atoms in total. The lowest BCUT2D eigenvalue weighted by atomic mass is 10.1. The molecule has 0 fully saturated rings. The van der Waals surface area contributed by atoms with Crippen molar-refractivity contribution in [3.05, 3.63) is 5.82 Å². The van der Waals surface area contributed by atoms with E-state index in [-0.39, 0.29) is 0 Å². The SMILES string of the molecule is CCCCCCCCCCCCCc1nn[nH]n1. The number of nitrogens with one attached hydrogen (secondary N) is 1. The number of aromatic nitrogens is 4. The molecule has 0 saturated heterocycles. The van der Waals surface area contributed by atoms with Crippen molar-refractivity contribution in [2.24, 2.45) is 0 Å². The van der Waals surface area contributed by atoms with E-state index in [1.807, 2.05) is 0 Å². The second-order valence-corrected chi connectivity index (χ2v) is 5.11. The predicted molar refractivity (Wildman–Crippen MR) is 74.3 cm³/mol. The average Bonchev–Trinajstić information content (AvgIpc) is 2.89. The van der Waals surface area contributed by atoms with E-state index in [0.717, 1.165) is 12.2 Å². The van der Waals surface area contributed by atoms with Crippen LogP contribution in [0.1, 0.15) is 83.4 Å². The van der Waals surface area contributed by atoms with Crippen LogP contribution in [-0.2, 0) is 6.42 Å². The maximum absolute atomic E-state index is 3.95. The summed E-state index contributed by atoms with van der Waals surface area (Å²) in [6.45, 7) is 2.27.